The highest BCUT2D eigenvalue weighted by molar-refractivity contribution is 5.87. The summed E-state index contributed by atoms with van der Waals surface area (Å²) in [4.78, 5) is 51.4. The van der Waals surface area contributed by atoms with Crippen molar-refractivity contribution in [3.05, 3.63) is 111 Å². The smallest absolute Gasteiger partial charge is 0.358 e. The first-order chi connectivity index (χ1) is 17.7. The summed E-state index contributed by atoms with van der Waals surface area (Å²) in [5, 5.41) is 20.6. The van der Waals surface area contributed by atoms with E-state index in [-0.39, 0.29) is 17.1 Å². The minimum absolute atomic E-state index is 0.0270. The molecule has 2 aromatic carbocycles. The maximum atomic E-state index is 12.2. The number of imidazole rings is 2. The molecule has 0 radical (unpaired) electrons. The van der Waals surface area contributed by atoms with E-state index in [1.54, 1.807) is 12.1 Å². The van der Waals surface area contributed by atoms with Crippen molar-refractivity contribution >= 4 is 23.3 Å². The molecular weight excluding hydrogens is 495 g/mol. The van der Waals surface area contributed by atoms with E-state index in [4.69, 9.17) is 0 Å². The van der Waals surface area contributed by atoms with Gasteiger partial charge in [-0.3, -0.25) is 20.2 Å². The number of benzene rings is 2. The van der Waals surface area contributed by atoms with Crippen LogP contribution in [0, 0.1) is 26.0 Å². The Hall–Kier alpha value is -5.47. The first kappa shape index (κ1) is 27.8. The fraction of sp³-hybridized carbons (Fsp3) is 0.0909. The molecule has 0 atom stereocenters. The Balaban J connectivity index is 0.000000214. The molecule has 4 rings (SSSR count). The minimum atomic E-state index is -0.636. The van der Waals surface area contributed by atoms with Gasteiger partial charge in [-0.25, -0.2) is 23.9 Å². The first-order valence-electron chi connectivity index (χ1n) is 10.00. The average molecular weight is 514 g/mol. The molecule has 14 nitrogen and oxygen atoms in total. The molecule has 0 saturated heterocycles. The number of aromatic nitrogens is 4. The molecule has 0 unspecified atom stereocenters. The van der Waals surface area contributed by atoms with Crippen LogP contribution in [-0.2, 0) is 9.47 Å². The van der Waals surface area contributed by atoms with E-state index in [0.29, 0.717) is 11.4 Å². The summed E-state index contributed by atoms with van der Waals surface area (Å²) in [5.74, 6) is -1.54. The van der Waals surface area contributed by atoms with E-state index in [2.05, 4.69) is 24.4 Å². The van der Waals surface area contributed by atoms with Crippen LogP contribution in [0.4, 0.5) is 15.8 Å². The molecule has 0 bridgehead atoms. The van der Waals surface area contributed by atoms with Crippen LogP contribution in [-0.4, -0.2) is 55.5 Å². The van der Waals surface area contributed by atoms with Gasteiger partial charge in [0, 0.05) is 24.4 Å². The number of carbonyl (C=O) groups excluding carboxylic acids is 2. The van der Waals surface area contributed by atoms with Crippen molar-refractivity contribution in [2.45, 2.75) is 0 Å². The van der Waals surface area contributed by atoms with E-state index in [1.165, 1.54) is 68.1 Å². The van der Waals surface area contributed by atoms with Crippen molar-refractivity contribution < 1.29 is 33.3 Å². The zero-order valence-corrected chi connectivity index (χ0v) is 19.3. The number of nitro benzene ring substituents is 2. The van der Waals surface area contributed by atoms with Gasteiger partial charge in [0.25, 0.3) is 11.4 Å². The highest BCUT2D eigenvalue weighted by atomic mass is 19.1. The molecular formula is C22H19FN6O8. The third kappa shape index (κ3) is 8.36. The molecule has 37 heavy (non-hydrogen) atoms. The summed E-state index contributed by atoms with van der Waals surface area (Å²) in [5.41, 5.74) is 0.814. The number of nitrogens with one attached hydrogen (secondary N) is 1. The molecule has 2 heterocycles. The van der Waals surface area contributed by atoms with Gasteiger partial charge in [-0.1, -0.05) is 12.1 Å². The lowest BCUT2D eigenvalue weighted by atomic mass is 10.3. The average Bonchev–Trinajstić information content (AvgIpc) is 3.62. The number of hydrogen-bond donors (Lipinski definition) is 1. The SMILES string of the molecule is COC(=O)c1cn(-c2cccc([N+](=O)[O-])c2)cn1.COC(=O)c1cnc[nH]1.O=[N+]([O-])c1cccc(F)c1. The Morgan fingerprint density at radius 2 is 1.59 bits per heavy atom. The van der Waals surface area contributed by atoms with Crippen molar-refractivity contribution in [3.8, 4) is 5.69 Å². The zero-order valence-electron chi connectivity index (χ0n) is 19.3. The first-order valence-corrected chi connectivity index (χ1v) is 10.00. The molecule has 15 heteroatoms. The topological polar surface area (TPSA) is 185 Å². The van der Waals surface area contributed by atoms with Crippen LogP contribution in [0.25, 0.3) is 5.69 Å². The van der Waals surface area contributed by atoms with Crippen molar-refractivity contribution in [2.24, 2.45) is 0 Å². The Kier molecular flexibility index (Phi) is 10.1. The highest BCUT2D eigenvalue weighted by Crippen LogP contribution is 2.17. The van der Waals surface area contributed by atoms with E-state index in [9.17, 15) is 34.2 Å². The van der Waals surface area contributed by atoms with Crippen LogP contribution in [0.5, 0.6) is 0 Å². The summed E-state index contributed by atoms with van der Waals surface area (Å²) < 4.78 is 22.6. The predicted molar refractivity (Wildman–Crippen MR) is 125 cm³/mol. The van der Waals surface area contributed by atoms with Crippen molar-refractivity contribution in [1.29, 1.82) is 0 Å². The molecule has 0 saturated carbocycles. The number of carbonyl (C=O) groups is 2. The van der Waals surface area contributed by atoms with Crippen LogP contribution >= 0.6 is 0 Å². The van der Waals surface area contributed by atoms with Crippen LogP contribution in [0.15, 0.2) is 73.6 Å². The van der Waals surface area contributed by atoms with E-state index < -0.39 is 27.6 Å². The Bertz CT molecular complexity index is 1370. The van der Waals surface area contributed by atoms with Crippen LogP contribution < -0.4 is 0 Å². The van der Waals surface area contributed by atoms with E-state index >= 15 is 0 Å². The zero-order chi connectivity index (χ0) is 27.4. The normalized spacial score (nSPS) is 9.59. The van der Waals surface area contributed by atoms with Crippen molar-refractivity contribution in [3.63, 3.8) is 0 Å². The van der Waals surface area contributed by atoms with Crippen LogP contribution in [0.1, 0.15) is 21.0 Å². The lowest BCUT2D eigenvalue weighted by Crippen LogP contribution is -2.01. The Morgan fingerprint density at radius 1 is 0.973 bits per heavy atom. The lowest BCUT2D eigenvalue weighted by Gasteiger charge is -2.00. The van der Waals surface area contributed by atoms with Crippen molar-refractivity contribution in [1.82, 2.24) is 19.5 Å². The molecule has 0 aliphatic carbocycles. The number of nitro groups is 2. The largest absolute Gasteiger partial charge is 0.464 e. The van der Waals surface area contributed by atoms with Crippen LogP contribution in [0.2, 0.25) is 0 Å². The lowest BCUT2D eigenvalue weighted by molar-refractivity contribution is -0.385. The van der Waals surface area contributed by atoms with Gasteiger partial charge >= 0.3 is 11.9 Å². The standard InChI is InChI=1S/C11H9N3O4.C6H4FNO2.C5H6N2O2/c1-18-11(15)10-6-13(7-12-10)8-3-2-4-9(5-8)14(16)17;7-5-2-1-3-6(4-5)8(9)10;1-9-5(8)4-2-6-3-7-4/h2-7H,1H3;1-4H;2-3H,1H3,(H,6,7). The van der Waals surface area contributed by atoms with Gasteiger partial charge in [0.15, 0.2) is 5.69 Å². The predicted octanol–water partition coefficient (Wildman–Crippen LogP) is 3.50. The Morgan fingerprint density at radius 3 is 2.11 bits per heavy atom. The van der Waals surface area contributed by atoms with Gasteiger partial charge in [-0.15, -0.1) is 0 Å². The van der Waals surface area contributed by atoms with Gasteiger partial charge in [0.2, 0.25) is 0 Å². The summed E-state index contributed by atoms with van der Waals surface area (Å²) in [6, 6.07) is 10.6. The highest BCUT2D eigenvalue weighted by Gasteiger charge is 2.11. The van der Waals surface area contributed by atoms with Gasteiger partial charge < -0.3 is 19.0 Å². The number of ether oxygens (including phenoxy) is 2. The van der Waals surface area contributed by atoms with Gasteiger partial charge in [-0.05, 0) is 12.1 Å². The number of H-pyrrole nitrogens is 1. The van der Waals surface area contributed by atoms with Crippen molar-refractivity contribution in [2.75, 3.05) is 14.2 Å². The number of halogens is 1. The minimum Gasteiger partial charge on any atom is -0.464 e. The van der Waals surface area contributed by atoms with E-state index in [0.717, 1.165) is 12.1 Å². The number of rotatable bonds is 5. The van der Waals surface area contributed by atoms with Gasteiger partial charge in [-0.2, -0.15) is 0 Å². The number of aromatic amines is 1. The number of methoxy groups -OCH3 is 2. The third-order valence-corrected chi connectivity index (χ3v) is 4.24. The maximum absolute atomic E-state index is 12.2. The van der Waals surface area contributed by atoms with Gasteiger partial charge in [0.05, 0.1) is 48.3 Å². The molecule has 0 aliphatic heterocycles. The second kappa shape index (κ2) is 13.4. The monoisotopic (exact) mass is 514 g/mol. The second-order valence-corrected chi connectivity index (χ2v) is 6.63. The molecule has 2 aromatic heterocycles. The molecule has 1 N–H and O–H groups in total. The summed E-state index contributed by atoms with van der Waals surface area (Å²) in [7, 11) is 2.58. The number of hydrogen-bond acceptors (Lipinski definition) is 10. The molecule has 0 fully saturated rings. The number of non-ortho nitro benzene ring substituents is 2. The van der Waals surface area contributed by atoms with E-state index in [1.807, 2.05) is 0 Å². The fourth-order valence-corrected chi connectivity index (χ4v) is 2.51. The maximum Gasteiger partial charge on any atom is 0.358 e. The molecule has 192 valence electrons. The summed E-state index contributed by atoms with van der Waals surface area (Å²) in [6.45, 7) is 0. The number of esters is 2. The molecule has 0 amide bonds. The molecule has 0 spiro atoms. The molecule has 4 aromatic rings. The summed E-state index contributed by atoms with van der Waals surface area (Å²) >= 11 is 0. The molecule has 0 aliphatic rings. The summed E-state index contributed by atoms with van der Waals surface area (Å²) in [6.07, 6.45) is 5.67. The quantitative estimate of drug-likeness (QED) is 0.235. The fourth-order valence-electron chi connectivity index (χ4n) is 2.51. The van der Waals surface area contributed by atoms with Gasteiger partial charge in [0.1, 0.15) is 17.8 Å². The number of nitrogens with zero attached hydrogens (tertiary/aromatic N) is 5. The second-order valence-electron chi connectivity index (χ2n) is 6.63. The van der Waals surface area contributed by atoms with Crippen LogP contribution in [0.3, 0.4) is 0 Å². The third-order valence-electron chi connectivity index (χ3n) is 4.24. The Labute approximate surface area is 207 Å².